The lowest BCUT2D eigenvalue weighted by Gasteiger charge is -2.17. The van der Waals surface area contributed by atoms with Crippen LogP contribution >= 0.6 is 8.60 Å². The fraction of sp³-hybridized carbons (Fsp3) is 0.619. The predicted octanol–water partition coefficient (Wildman–Crippen LogP) is 5.49. The van der Waals surface area contributed by atoms with Gasteiger partial charge in [-0.1, -0.05) is 32.8 Å². The number of unbranched alkanes of at least 4 members (excludes halogenated alkanes) is 2. The summed E-state index contributed by atoms with van der Waals surface area (Å²) in [6, 6.07) is 6.04. The van der Waals surface area contributed by atoms with Gasteiger partial charge in [-0.25, -0.2) is 0 Å². The van der Waals surface area contributed by atoms with Crippen molar-refractivity contribution >= 4 is 19.5 Å². The zero-order valence-electron chi connectivity index (χ0n) is 17.7. The number of ether oxygens (including phenoxy) is 1. The molecule has 158 valence electrons. The first-order valence-electron chi connectivity index (χ1n) is 10.2. The minimum Gasteiger partial charge on any atom is -0.466 e. The van der Waals surface area contributed by atoms with Gasteiger partial charge in [0.2, 0.25) is 0 Å². The van der Waals surface area contributed by atoms with Gasteiger partial charge < -0.3 is 23.7 Å². The van der Waals surface area contributed by atoms with Crippen LogP contribution in [0.25, 0.3) is 10.9 Å². The molecule has 0 aliphatic rings. The Morgan fingerprint density at radius 2 is 1.71 bits per heavy atom. The smallest absolute Gasteiger partial charge is 0.335 e. The van der Waals surface area contributed by atoms with Crippen LogP contribution < -0.4 is 4.74 Å². The highest BCUT2D eigenvalue weighted by molar-refractivity contribution is 7.41. The second-order valence-corrected chi connectivity index (χ2v) is 8.26. The van der Waals surface area contributed by atoms with E-state index in [-0.39, 0.29) is 6.79 Å². The van der Waals surface area contributed by atoms with Gasteiger partial charge in [0.1, 0.15) is 5.75 Å². The number of rotatable bonds is 15. The summed E-state index contributed by atoms with van der Waals surface area (Å²) in [5.74, 6) is 0.824. The highest BCUT2D eigenvalue weighted by atomic mass is 31.2. The minimum absolute atomic E-state index is 0.112. The van der Waals surface area contributed by atoms with Crippen LogP contribution in [0.15, 0.2) is 24.4 Å². The van der Waals surface area contributed by atoms with Crippen LogP contribution in [0.3, 0.4) is 0 Å². The van der Waals surface area contributed by atoms with Crippen molar-refractivity contribution in [3.8, 4) is 5.75 Å². The van der Waals surface area contributed by atoms with Crippen molar-refractivity contribution in [1.29, 1.82) is 0 Å². The molecule has 7 heteroatoms. The molecule has 1 aromatic heterocycles. The fourth-order valence-corrected chi connectivity index (χ4v) is 3.61. The molecule has 0 bridgehead atoms. The monoisotopic (exact) mass is 410 g/mol. The molecule has 1 N–H and O–H groups in total. The maximum Gasteiger partial charge on any atom is 0.335 e. The van der Waals surface area contributed by atoms with Gasteiger partial charge in [-0.2, -0.15) is 0 Å². The Bertz CT molecular complexity index is 667. The first-order chi connectivity index (χ1) is 13.7. The van der Waals surface area contributed by atoms with Crippen LogP contribution in [0, 0.1) is 0 Å². The first kappa shape index (κ1) is 23.1. The number of nitrogens with zero attached hydrogens (tertiary/aromatic N) is 1. The third kappa shape index (κ3) is 7.69. The molecule has 0 saturated carbocycles. The molecule has 0 fully saturated rings. The van der Waals surface area contributed by atoms with E-state index in [4.69, 9.17) is 18.3 Å². The topological polar surface area (TPSA) is 56.0 Å². The third-order valence-electron chi connectivity index (χ3n) is 4.34. The van der Waals surface area contributed by atoms with Gasteiger partial charge in [0.05, 0.1) is 13.2 Å². The van der Waals surface area contributed by atoms with Crippen LogP contribution in [0.5, 0.6) is 5.75 Å². The van der Waals surface area contributed by atoms with Crippen LogP contribution in [-0.2, 0) is 20.0 Å². The molecule has 0 saturated heterocycles. The van der Waals surface area contributed by atoms with Crippen molar-refractivity contribution in [2.75, 3.05) is 40.6 Å². The van der Waals surface area contributed by atoms with Gasteiger partial charge in [0, 0.05) is 23.6 Å². The van der Waals surface area contributed by atoms with Gasteiger partial charge >= 0.3 is 8.60 Å². The number of hydrogen-bond acceptors (Lipinski definition) is 5. The lowest BCUT2D eigenvalue weighted by atomic mass is 10.1. The number of aromatic amines is 1. The quantitative estimate of drug-likeness (QED) is 0.239. The van der Waals surface area contributed by atoms with Gasteiger partial charge in [0.15, 0.2) is 6.79 Å². The van der Waals surface area contributed by atoms with Crippen molar-refractivity contribution in [3.63, 3.8) is 0 Å². The van der Waals surface area contributed by atoms with Crippen LogP contribution in [0.1, 0.15) is 45.1 Å². The van der Waals surface area contributed by atoms with E-state index in [2.05, 4.69) is 50.1 Å². The fourth-order valence-electron chi connectivity index (χ4n) is 2.69. The Hall–Kier alpha value is -1.17. The van der Waals surface area contributed by atoms with Gasteiger partial charge in [0.25, 0.3) is 0 Å². The van der Waals surface area contributed by atoms with Gasteiger partial charge in [-0.15, -0.1) is 0 Å². The molecule has 0 aliphatic heterocycles. The SMILES string of the molecule is CCCCOP(OCCCC)OCOc1cccc2[nH]cc(CCN(C)C)c12. The average molecular weight is 410 g/mol. The molecule has 6 nitrogen and oxygen atoms in total. The summed E-state index contributed by atoms with van der Waals surface area (Å²) in [4.78, 5) is 5.52. The Labute approximate surface area is 170 Å². The predicted molar refractivity (Wildman–Crippen MR) is 116 cm³/mol. The highest BCUT2D eigenvalue weighted by Gasteiger charge is 2.14. The molecule has 28 heavy (non-hydrogen) atoms. The van der Waals surface area contributed by atoms with E-state index in [0.29, 0.717) is 13.2 Å². The van der Waals surface area contributed by atoms with E-state index in [1.165, 1.54) is 5.56 Å². The number of likely N-dealkylation sites (N-methyl/N-ethyl adjacent to an activating group) is 1. The highest BCUT2D eigenvalue weighted by Crippen LogP contribution is 2.40. The molecule has 1 heterocycles. The molecule has 0 unspecified atom stereocenters. The molecule has 1 aromatic carbocycles. The molecular weight excluding hydrogens is 375 g/mol. The van der Waals surface area contributed by atoms with Crippen molar-refractivity contribution in [2.45, 2.75) is 46.0 Å². The van der Waals surface area contributed by atoms with Crippen LogP contribution in [0.2, 0.25) is 0 Å². The number of hydrogen-bond donors (Lipinski definition) is 1. The molecule has 0 amide bonds. The summed E-state index contributed by atoms with van der Waals surface area (Å²) < 4.78 is 23.3. The molecule has 0 radical (unpaired) electrons. The summed E-state index contributed by atoms with van der Waals surface area (Å²) in [7, 11) is 2.79. The van der Waals surface area contributed by atoms with Crippen molar-refractivity contribution in [3.05, 3.63) is 30.0 Å². The van der Waals surface area contributed by atoms with Crippen molar-refractivity contribution in [2.24, 2.45) is 0 Å². The number of fused-ring (bicyclic) bond motifs is 1. The van der Waals surface area contributed by atoms with Crippen molar-refractivity contribution in [1.82, 2.24) is 9.88 Å². The molecule has 0 aliphatic carbocycles. The summed E-state index contributed by atoms with van der Waals surface area (Å²) in [5.41, 5.74) is 2.33. The third-order valence-corrected chi connectivity index (χ3v) is 5.44. The van der Waals surface area contributed by atoms with Gasteiger partial charge in [-0.3, -0.25) is 4.52 Å². The lowest BCUT2D eigenvalue weighted by molar-refractivity contribution is 0.0778. The van der Waals surface area contributed by atoms with E-state index < -0.39 is 8.60 Å². The largest absolute Gasteiger partial charge is 0.466 e. The normalized spacial score (nSPS) is 11.8. The van der Waals surface area contributed by atoms with E-state index in [9.17, 15) is 0 Å². The Morgan fingerprint density at radius 3 is 2.36 bits per heavy atom. The zero-order valence-corrected chi connectivity index (χ0v) is 18.6. The average Bonchev–Trinajstić information content (AvgIpc) is 3.10. The van der Waals surface area contributed by atoms with E-state index in [1.807, 2.05) is 12.1 Å². The Kier molecular flexibility index (Phi) is 10.8. The van der Waals surface area contributed by atoms with E-state index >= 15 is 0 Å². The Balaban J connectivity index is 1.95. The van der Waals surface area contributed by atoms with E-state index in [0.717, 1.165) is 55.3 Å². The minimum atomic E-state index is -1.37. The molecule has 2 aromatic rings. The first-order valence-corrected chi connectivity index (χ1v) is 11.3. The number of H-pyrrole nitrogens is 1. The lowest BCUT2D eigenvalue weighted by Crippen LogP contribution is -2.14. The summed E-state index contributed by atoms with van der Waals surface area (Å²) in [6.07, 6.45) is 7.19. The maximum atomic E-state index is 5.97. The van der Waals surface area contributed by atoms with Gasteiger partial charge in [-0.05, 0) is 51.1 Å². The summed E-state index contributed by atoms with van der Waals surface area (Å²) in [6.45, 7) is 6.67. The van der Waals surface area contributed by atoms with Crippen molar-refractivity contribution < 1.29 is 18.3 Å². The van der Waals surface area contributed by atoms with Crippen LogP contribution in [-0.4, -0.2) is 50.5 Å². The number of benzene rings is 1. The number of nitrogens with one attached hydrogen (secondary N) is 1. The number of aromatic nitrogens is 1. The molecule has 0 spiro atoms. The molecule has 0 atom stereocenters. The molecule has 2 rings (SSSR count). The second kappa shape index (κ2) is 13.1. The second-order valence-electron chi connectivity index (χ2n) is 7.03. The van der Waals surface area contributed by atoms with Crippen LogP contribution in [0.4, 0.5) is 0 Å². The standard InChI is InChI=1S/C21H35N2O4P/c1-5-7-14-25-28(26-15-8-6-2)27-17-24-20-11-9-10-19-21(20)18(16-22-19)12-13-23(3)4/h9-11,16,22H,5-8,12-15,17H2,1-4H3. The summed E-state index contributed by atoms with van der Waals surface area (Å²) >= 11 is 0. The maximum absolute atomic E-state index is 5.97. The molecular formula is C21H35N2O4P. The zero-order chi connectivity index (χ0) is 20.2. The summed E-state index contributed by atoms with van der Waals surface area (Å²) in [5, 5.41) is 1.12. The van der Waals surface area contributed by atoms with E-state index in [1.54, 1.807) is 0 Å². The Morgan fingerprint density at radius 1 is 1.00 bits per heavy atom.